The molecule has 0 aliphatic carbocycles. The van der Waals surface area contributed by atoms with Gasteiger partial charge >= 0.3 is 6.03 Å². The minimum atomic E-state index is -0.418. The third-order valence-electron chi connectivity index (χ3n) is 3.60. The standard InChI is InChI=1S/C15H18N4O3/c1-2-13-17-18-14(22-13)10-3-5-11(6-4-10)16-15(21)19-8-7-12(20)9-19/h3-6,12,20H,2,7-9H2,1H3,(H,16,21)/t12-/m0/s1. The van der Waals surface area contributed by atoms with Gasteiger partial charge in [0.1, 0.15) is 0 Å². The maximum atomic E-state index is 12.0. The third-order valence-corrected chi connectivity index (χ3v) is 3.60. The lowest BCUT2D eigenvalue weighted by Crippen LogP contribution is -2.33. The van der Waals surface area contributed by atoms with E-state index in [9.17, 15) is 9.90 Å². The maximum absolute atomic E-state index is 12.0. The van der Waals surface area contributed by atoms with Gasteiger partial charge in [-0.05, 0) is 30.7 Å². The molecule has 2 N–H and O–H groups in total. The zero-order valence-corrected chi connectivity index (χ0v) is 12.3. The highest BCUT2D eigenvalue weighted by Crippen LogP contribution is 2.21. The molecule has 1 saturated heterocycles. The zero-order valence-electron chi connectivity index (χ0n) is 12.3. The van der Waals surface area contributed by atoms with Crippen molar-refractivity contribution in [3.8, 4) is 11.5 Å². The molecule has 3 rings (SSSR count). The summed E-state index contributed by atoms with van der Waals surface area (Å²) in [5, 5.41) is 20.2. The largest absolute Gasteiger partial charge is 0.421 e. The summed E-state index contributed by atoms with van der Waals surface area (Å²) in [4.78, 5) is 13.6. The fraction of sp³-hybridized carbons (Fsp3) is 0.400. The summed E-state index contributed by atoms with van der Waals surface area (Å²) >= 11 is 0. The van der Waals surface area contributed by atoms with Crippen LogP contribution >= 0.6 is 0 Å². The predicted octanol–water partition coefficient (Wildman–Crippen LogP) is 1.90. The lowest BCUT2D eigenvalue weighted by atomic mass is 10.2. The molecule has 0 saturated carbocycles. The van der Waals surface area contributed by atoms with Crippen molar-refractivity contribution >= 4 is 11.7 Å². The highest BCUT2D eigenvalue weighted by molar-refractivity contribution is 5.89. The molecule has 1 fully saturated rings. The summed E-state index contributed by atoms with van der Waals surface area (Å²) in [6, 6.07) is 7.02. The monoisotopic (exact) mass is 302 g/mol. The van der Waals surface area contributed by atoms with Crippen LogP contribution in [0.15, 0.2) is 28.7 Å². The summed E-state index contributed by atoms with van der Waals surface area (Å²) in [5.74, 6) is 1.07. The normalized spacial score (nSPS) is 17.7. The molecular weight excluding hydrogens is 284 g/mol. The number of rotatable bonds is 3. The molecule has 2 amide bonds. The number of carbonyl (C=O) groups excluding carboxylic acids is 1. The molecule has 0 spiro atoms. The van der Waals surface area contributed by atoms with Gasteiger partial charge in [-0.1, -0.05) is 6.92 Å². The van der Waals surface area contributed by atoms with E-state index >= 15 is 0 Å². The SMILES string of the molecule is CCc1nnc(-c2ccc(NC(=O)N3CC[C@H](O)C3)cc2)o1. The van der Waals surface area contributed by atoms with Gasteiger partial charge in [-0.15, -0.1) is 10.2 Å². The Hall–Kier alpha value is -2.41. The van der Waals surface area contributed by atoms with Crippen molar-refractivity contribution in [2.24, 2.45) is 0 Å². The molecule has 1 atom stereocenters. The van der Waals surface area contributed by atoms with Crippen LogP contribution in [0.5, 0.6) is 0 Å². The number of aliphatic hydroxyl groups is 1. The Morgan fingerprint density at radius 1 is 1.41 bits per heavy atom. The van der Waals surface area contributed by atoms with Gasteiger partial charge in [0.05, 0.1) is 6.10 Å². The molecule has 22 heavy (non-hydrogen) atoms. The zero-order chi connectivity index (χ0) is 15.5. The number of aryl methyl sites for hydroxylation is 1. The lowest BCUT2D eigenvalue weighted by Gasteiger charge is -2.16. The fourth-order valence-corrected chi connectivity index (χ4v) is 2.34. The first-order valence-corrected chi connectivity index (χ1v) is 7.32. The quantitative estimate of drug-likeness (QED) is 0.903. The minimum Gasteiger partial charge on any atom is -0.421 e. The van der Waals surface area contributed by atoms with Gasteiger partial charge in [0.15, 0.2) is 0 Å². The molecule has 7 heteroatoms. The van der Waals surface area contributed by atoms with E-state index in [1.54, 1.807) is 17.0 Å². The van der Waals surface area contributed by atoms with Crippen molar-refractivity contribution in [2.75, 3.05) is 18.4 Å². The number of β-amino-alcohol motifs (C(OH)–C–C–N with tert-alkyl or cyclic N) is 1. The number of nitrogens with zero attached hydrogens (tertiary/aromatic N) is 3. The van der Waals surface area contributed by atoms with Gasteiger partial charge in [-0.3, -0.25) is 0 Å². The van der Waals surface area contributed by atoms with Gasteiger partial charge in [-0.2, -0.15) is 0 Å². The van der Waals surface area contributed by atoms with Crippen molar-refractivity contribution in [3.05, 3.63) is 30.2 Å². The summed E-state index contributed by atoms with van der Waals surface area (Å²) in [6.45, 7) is 2.91. The van der Waals surface area contributed by atoms with Gasteiger partial charge in [-0.25, -0.2) is 4.79 Å². The average Bonchev–Trinajstić information content (AvgIpc) is 3.17. The topological polar surface area (TPSA) is 91.5 Å². The Morgan fingerprint density at radius 3 is 2.77 bits per heavy atom. The summed E-state index contributed by atoms with van der Waals surface area (Å²) in [7, 11) is 0. The molecule has 7 nitrogen and oxygen atoms in total. The van der Waals surface area contributed by atoms with Crippen molar-refractivity contribution in [3.63, 3.8) is 0 Å². The molecule has 1 aromatic heterocycles. The summed E-state index contributed by atoms with van der Waals surface area (Å²) < 4.78 is 5.49. The van der Waals surface area contributed by atoms with Crippen LogP contribution in [0, 0.1) is 0 Å². The van der Waals surface area contributed by atoms with Crippen molar-refractivity contribution < 1.29 is 14.3 Å². The Kier molecular flexibility index (Phi) is 4.06. The number of hydrogen-bond acceptors (Lipinski definition) is 5. The molecule has 2 heterocycles. The second-order valence-corrected chi connectivity index (χ2v) is 5.25. The van der Waals surface area contributed by atoms with Crippen LogP contribution in [-0.4, -0.2) is 45.4 Å². The number of amides is 2. The smallest absolute Gasteiger partial charge is 0.321 e. The second-order valence-electron chi connectivity index (χ2n) is 5.25. The van der Waals surface area contributed by atoms with Crippen molar-refractivity contribution in [1.82, 2.24) is 15.1 Å². The molecular formula is C15H18N4O3. The molecule has 0 bridgehead atoms. The average molecular weight is 302 g/mol. The molecule has 1 aliphatic rings. The summed E-state index contributed by atoms with van der Waals surface area (Å²) in [6.07, 6.45) is 0.907. The van der Waals surface area contributed by atoms with Crippen LogP contribution in [-0.2, 0) is 6.42 Å². The van der Waals surface area contributed by atoms with E-state index < -0.39 is 6.10 Å². The molecule has 2 aromatic rings. The number of benzene rings is 1. The first-order chi connectivity index (χ1) is 10.7. The second kappa shape index (κ2) is 6.15. The molecule has 0 unspecified atom stereocenters. The number of hydrogen-bond donors (Lipinski definition) is 2. The van der Waals surface area contributed by atoms with E-state index in [0.717, 1.165) is 5.56 Å². The number of anilines is 1. The predicted molar refractivity (Wildman–Crippen MR) is 80.3 cm³/mol. The Morgan fingerprint density at radius 2 is 2.18 bits per heavy atom. The Labute approximate surface area is 128 Å². The van der Waals surface area contributed by atoms with Gasteiger partial charge in [0, 0.05) is 30.8 Å². The van der Waals surface area contributed by atoms with Gasteiger partial charge in [0.25, 0.3) is 0 Å². The first-order valence-electron chi connectivity index (χ1n) is 7.32. The van der Waals surface area contributed by atoms with Crippen LogP contribution < -0.4 is 5.32 Å². The van der Waals surface area contributed by atoms with Crippen LogP contribution in [0.1, 0.15) is 19.2 Å². The van der Waals surface area contributed by atoms with E-state index in [2.05, 4.69) is 15.5 Å². The first kappa shape index (κ1) is 14.5. The highest BCUT2D eigenvalue weighted by Gasteiger charge is 2.24. The van der Waals surface area contributed by atoms with E-state index in [0.29, 0.717) is 43.4 Å². The molecule has 1 aromatic carbocycles. The number of aliphatic hydroxyl groups excluding tert-OH is 1. The molecule has 0 radical (unpaired) electrons. The highest BCUT2D eigenvalue weighted by atomic mass is 16.4. The van der Waals surface area contributed by atoms with Crippen LogP contribution in [0.3, 0.4) is 0 Å². The fourth-order valence-electron chi connectivity index (χ4n) is 2.34. The van der Waals surface area contributed by atoms with E-state index in [1.165, 1.54) is 0 Å². The number of carbonyl (C=O) groups is 1. The van der Waals surface area contributed by atoms with Gasteiger partial charge < -0.3 is 19.7 Å². The number of nitrogens with one attached hydrogen (secondary N) is 1. The van der Waals surface area contributed by atoms with E-state index in [1.807, 2.05) is 19.1 Å². The third kappa shape index (κ3) is 3.09. The Bertz CT molecular complexity index is 653. The van der Waals surface area contributed by atoms with Gasteiger partial charge in [0.2, 0.25) is 11.8 Å². The Balaban J connectivity index is 1.65. The number of urea groups is 1. The summed E-state index contributed by atoms with van der Waals surface area (Å²) in [5.41, 5.74) is 1.49. The van der Waals surface area contributed by atoms with Crippen LogP contribution in [0.4, 0.5) is 10.5 Å². The molecule has 116 valence electrons. The van der Waals surface area contributed by atoms with E-state index in [-0.39, 0.29) is 6.03 Å². The molecule has 1 aliphatic heterocycles. The number of aromatic nitrogens is 2. The van der Waals surface area contributed by atoms with Crippen LogP contribution in [0.25, 0.3) is 11.5 Å². The van der Waals surface area contributed by atoms with Crippen molar-refractivity contribution in [2.45, 2.75) is 25.9 Å². The van der Waals surface area contributed by atoms with E-state index in [4.69, 9.17) is 4.42 Å². The van der Waals surface area contributed by atoms with Crippen LogP contribution in [0.2, 0.25) is 0 Å². The lowest BCUT2D eigenvalue weighted by molar-refractivity contribution is 0.176. The van der Waals surface area contributed by atoms with Crippen molar-refractivity contribution in [1.29, 1.82) is 0 Å². The number of likely N-dealkylation sites (tertiary alicyclic amines) is 1. The minimum absolute atomic E-state index is 0.199. The maximum Gasteiger partial charge on any atom is 0.321 e.